The van der Waals surface area contributed by atoms with E-state index >= 15 is 0 Å². The van der Waals surface area contributed by atoms with Gasteiger partial charge in [-0.3, -0.25) is 4.98 Å². The Morgan fingerprint density at radius 3 is 3.08 bits per heavy atom. The van der Waals surface area contributed by atoms with Crippen LogP contribution < -0.4 is 0 Å². The van der Waals surface area contributed by atoms with Crippen LogP contribution in [-0.2, 0) is 0 Å². The normalized spacial score (nSPS) is 12.2. The number of hydrogen-bond acceptors (Lipinski definition) is 2. The molecule has 1 nitrogen and oxygen atoms in total. The van der Waals surface area contributed by atoms with E-state index in [1.54, 1.807) is 17.5 Å². The monoisotopic (exact) mass is 186 g/mol. The first-order valence-electron chi connectivity index (χ1n) is 4.58. The predicted octanol–water partition coefficient (Wildman–Crippen LogP) is 3.45. The van der Waals surface area contributed by atoms with Crippen LogP contribution in [0.1, 0.15) is 1.37 Å². The van der Waals surface area contributed by atoms with Gasteiger partial charge in [0.2, 0.25) is 0 Å². The highest BCUT2D eigenvalue weighted by atomic mass is 32.1. The van der Waals surface area contributed by atoms with Crippen LogP contribution >= 0.6 is 11.3 Å². The van der Waals surface area contributed by atoms with Crippen LogP contribution in [0.3, 0.4) is 0 Å². The number of fused-ring (bicyclic) bond motifs is 3. The molecule has 0 aliphatic heterocycles. The zero-order chi connectivity index (χ0) is 9.54. The summed E-state index contributed by atoms with van der Waals surface area (Å²) in [4.78, 5) is 4.05. The van der Waals surface area contributed by atoms with Crippen LogP contribution in [0.5, 0.6) is 0 Å². The Kier molecular flexibility index (Phi) is 1.19. The minimum Gasteiger partial charge on any atom is -0.264 e. The van der Waals surface area contributed by atoms with E-state index in [0.29, 0.717) is 6.04 Å². The van der Waals surface area contributed by atoms with Crippen molar-refractivity contribution < 1.29 is 1.37 Å². The van der Waals surface area contributed by atoms with Gasteiger partial charge in [-0.25, -0.2) is 0 Å². The van der Waals surface area contributed by atoms with Crippen LogP contribution in [-0.4, -0.2) is 4.98 Å². The molecule has 0 aliphatic rings. The predicted molar refractivity (Wildman–Crippen MR) is 57.1 cm³/mol. The second-order valence-corrected chi connectivity index (χ2v) is 3.94. The Hall–Kier alpha value is -1.41. The fourth-order valence-electron chi connectivity index (χ4n) is 1.51. The molecule has 62 valence electrons. The second-order valence-electron chi connectivity index (χ2n) is 2.89. The molecular formula is C11H7NS. The maximum absolute atomic E-state index is 7.74. The second kappa shape index (κ2) is 2.54. The first-order chi connectivity index (χ1) is 6.86. The molecule has 13 heavy (non-hydrogen) atoms. The van der Waals surface area contributed by atoms with E-state index in [4.69, 9.17) is 1.37 Å². The summed E-state index contributed by atoms with van der Waals surface area (Å²) in [6.07, 6.45) is 3.43. The standard InChI is InChI=1S/C11H7NS/c1-2-4-10-8(3-1)9-7-12-6-5-11(9)13-10/h1-7H/i5D. The Balaban J connectivity index is 2.63. The average molecular weight is 186 g/mol. The third-order valence-electron chi connectivity index (χ3n) is 2.11. The first kappa shape index (κ1) is 6.11. The van der Waals surface area contributed by atoms with E-state index in [2.05, 4.69) is 17.1 Å². The third kappa shape index (κ3) is 0.956. The van der Waals surface area contributed by atoms with Crippen molar-refractivity contribution in [1.82, 2.24) is 4.98 Å². The van der Waals surface area contributed by atoms with Crippen molar-refractivity contribution in [3.63, 3.8) is 0 Å². The van der Waals surface area contributed by atoms with Crippen LogP contribution in [0.2, 0.25) is 0 Å². The lowest BCUT2D eigenvalue weighted by atomic mass is 10.2. The van der Waals surface area contributed by atoms with Crippen molar-refractivity contribution in [2.24, 2.45) is 0 Å². The summed E-state index contributed by atoms with van der Waals surface area (Å²) >= 11 is 1.66. The van der Waals surface area contributed by atoms with E-state index in [9.17, 15) is 0 Å². The van der Waals surface area contributed by atoms with Crippen molar-refractivity contribution in [2.45, 2.75) is 0 Å². The lowest BCUT2D eigenvalue weighted by Crippen LogP contribution is -1.67. The topological polar surface area (TPSA) is 12.9 Å². The SMILES string of the molecule is [2H]c1cncc2c1sc1ccccc12. The first-order valence-corrected chi connectivity index (χ1v) is 4.90. The molecule has 0 saturated heterocycles. The maximum atomic E-state index is 7.74. The van der Waals surface area contributed by atoms with Crippen molar-refractivity contribution in [3.05, 3.63) is 42.7 Å². The molecule has 0 saturated carbocycles. The lowest BCUT2D eigenvalue weighted by molar-refractivity contribution is 1.37. The molecule has 0 radical (unpaired) electrons. The zero-order valence-electron chi connectivity index (χ0n) is 7.82. The van der Waals surface area contributed by atoms with Gasteiger partial charge in [-0.15, -0.1) is 11.3 Å². The number of benzene rings is 1. The van der Waals surface area contributed by atoms with Crippen molar-refractivity contribution in [3.8, 4) is 0 Å². The molecule has 0 N–H and O–H groups in total. The molecular weight excluding hydrogens is 178 g/mol. The molecule has 3 aromatic rings. The summed E-state index contributed by atoms with van der Waals surface area (Å²) in [6.45, 7) is 0. The van der Waals surface area contributed by atoms with Gasteiger partial charge in [-0.1, -0.05) is 18.2 Å². The van der Waals surface area contributed by atoms with Gasteiger partial charge in [-0.05, 0) is 12.1 Å². The van der Waals surface area contributed by atoms with Gasteiger partial charge in [0.25, 0.3) is 0 Å². The molecule has 0 unspecified atom stereocenters. The Morgan fingerprint density at radius 1 is 1.15 bits per heavy atom. The highest BCUT2D eigenvalue weighted by Gasteiger charge is 2.01. The molecule has 0 atom stereocenters. The van der Waals surface area contributed by atoms with E-state index in [0.717, 1.165) is 10.1 Å². The Morgan fingerprint density at radius 2 is 2.08 bits per heavy atom. The van der Waals surface area contributed by atoms with Crippen LogP contribution in [0.25, 0.3) is 20.2 Å². The molecule has 1 aromatic carbocycles. The van der Waals surface area contributed by atoms with Gasteiger partial charge in [0.15, 0.2) is 0 Å². The van der Waals surface area contributed by atoms with Gasteiger partial charge < -0.3 is 0 Å². The molecule has 2 aromatic heterocycles. The fraction of sp³-hybridized carbons (Fsp3) is 0. The molecule has 0 aliphatic carbocycles. The molecule has 0 spiro atoms. The van der Waals surface area contributed by atoms with Gasteiger partial charge in [-0.2, -0.15) is 0 Å². The lowest BCUT2D eigenvalue weighted by Gasteiger charge is -1.87. The summed E-state index contributed by atoms with van der Waals surface area (Å²) in [5.74, 6) is 0. The maximum Gasteiger partial charge on any atom is 0.0654 e. The van der Waals surface area contributed by atoms with Crippen molar-refractivity contribution in [2.75, 3.05) is 0 Å². The summed E-state index contributed by atoms with van der Waals surface area (Å²) < 4.78 is 10.00. The minimum absolute atomic E-state index is 0.517. The molecule has 2 heterocycles. The van der Waals surface area contributed by atoms with E-state index in [-0.39, 0.29) is 0 Å². The fourth-order valence-corrected chi connectivity index (χ4v) is 2.55. The minimum atomic E-state index is 0.517. The van der Waals surface area contributed by atoms with E-state index < -0.39 is 0 Å². The number of thiophene rings is 1. The van der Waals surface area contributed by atoms with E-state index in [1.165, 1.54) is 10.1 Å². The number of nitrogens with zero attached hydrogens (tertiary/aromatic N) is 1. The smallest absolute Gasteiger partial charge is 0.0654 e. The summed E-state index contributed by atoms with van der Waals surface area (Å²) in [6, 6.07) is 8.72. The van der Waals surface area contributed by atoms with Gasteiger partial charge in [0, 0.05) is 32.6 Å². The van der Waals surface area contributed by atoms with Gasteiger partial charge >= 0.3 is 0 Å². The largest absolute Gasteiger partial charge is 0.264 e. The van der Waals surface area contributed by atoms with Gasteiger partial charge in [0.1, 0.15) is 0 Å². The third-order valence-corrected chi connectivity index (χ3v) is 3.23. The average Bonchev–Trinajstić information content (AvgIpc) is 2.59. The quantitative estimate of drug-likeness (QED) is 0.524. The molecule has 0 bridgehead atoms. The molecule has 0 fully saturated rings. The van der Waals surface area contributed by atoms with E-state index in [1.807, 2.05) is 18.3 Å². The van der Waals surface area contributed by atoms with Crippen molar-refractivity contribution >= 4 is 31.5 Å². The molecule has 3 rings (SSSR count). The number of pyridine rings is 1. The molecule has 0 amide bonds. The highest BCUT2D eigenvalue weighted by Crippen LogP contribution is 2.32. The Labute approximate surface area is 81.1 Å². The zero-order valence-corrected chi connectivity index (χ0v) is 7.64. The van der Waals surface area contributed by atoms with Crippen LogP contribution in [0, 0.1) is 0 Å². The summed E-state index contributed by atoms with van der Waals surface area (Å²) in [5, 5.41) is 2.30. The van der Waals surface area contributed by atoms with Crippen LogP contribution in [0.4, 0.5) is 0 Å². The number of rotatable bonds is 0. The van der Waals surface area contributed by atoms with Gasteiger partial charge in [0.05, 0.1) is 1.37 Å². The molecule has 2 heteroatoms. The van der Waals surface area contributed by atoms with Crippen LogP contribution in [0.15, 0.2) is 42.7 Å². The highest BCUT2D eigenvalue weighted by molar-refractivity contribution is 7.25. The summed E-state index contributed by atoms with van der Waals surface area (Å²) in [5.41, 5.74) is 0. The number of hydrogen-bond donors (Lipinski definition) is 0. The Bertz CT molecular complexity index is 615. The number of aromatic nitrogens is 1. The summed E-state index contributed by atoms with van der Waals surface area (Å²) in [7, 11) is 0. The van der Waals surface area contributed by atoms with Crippen molar-refractivity contribution in [1.29, 1.82) is 0 Å².